The van der Waals surface area contributed by atoms with Crippen LogP contribution in [-0.2, 0) is 4.79 Å². The number of hydrogen-bond donors (Lipinski definition) is 2. The average Bonchev–Trinajstić information content (AvgIpc) is 2.73. The van der Waals surface area contributed by atoms with Crippen LogP contribution in [0.2, 0.25) is 0 Å². The lowest BCUT2D eigenvalue weighted by Crippen LogP contribution is -2.35. The van der Waals surface area contributed by atoms with E-state index in [4.69, 9.17) is 4.74 Å². The van der Waals surface area contributed by atoms with Crippen molar-refractivity contribution in [3.05, 3.63) is 54.6 Å². The molecule has 0 radical (unpaired) electrons. The summed E-state index contributed by atoms with van der Waals surface area (Å²) < 4.78 is 5.22. The average molecular weight is 383 g/mol. The molecule has 0 aliphatic rings. The molecular weight excluding hydrogens is 354 g/mol. The molecule has 0 saturated carbocycles. The largest absolute Gasteiger partial charge is 0.495 e. The van der Waals surface area contributed by atoms with Gasteiger partial charge in [-0.2, -0.15) is 0 Å². The molecule has 2 rings (SSSR count). The molecule has 0 aliphatic heterocycles. The molecule has 0 unspecified atom stereocenters. The SMILES string of the molecule is CCCCC(=O)N(CCCNC(=O)Nc1ccccc1OC)c1ccccc1. The number of anilines is 2. The third-order valence-electron chi connectivity index (χ3n) is 4.31. The molecule has 0 aliphatic carbocycles. The molecule has 3 amide bonds. The summed E-state index contributed by atoms with van der Waals surface area (Å²) in [5, 5.41) is 5.60. The minimum absolute atomic E-state index is 0.117. The van der Waals surface area contributed by atoms with Crippen molar-refractivity contribution in [3.63, 3.8) is 0 Å². The molecule has 0 atom stereocenters. The van der Waals surface area contributed by atoms with Gasteiger partial charge in [-0.25, -0.2) is 4.79 Å². The third-order valence-corrected chi connectivity index (χ3v) is 4.31. The Kier molecular flexibility index (Phi) is 8.85. The van der Waals surface area contributed by atoms with Crippen LogP contribution in [-0.4, -0.2) is 32.1 Å². The fourth-order valence-corrected chi connectivity index (χ4v) is 2.82. The van der Waals surface area contributed by atoms with E-state index in [0.29, 0.717) is 37.4 Å². The van der Waals surface area contributed by atoms with E-state index >= 15 is 0 Å². The van der Waals surface area contributed by atoms with Gasteiger partial charge in [0.05, 0.1) is 12.8 Å². The van der Waals surface area contributed by atoms with Gasteiger partial charge in [-0.1, -0.05) is 43.7 Å². The summed E-state index contributed by atoms with van der Waals surface area (Å²) >= 11 is 0. The first kappa shape index (κ1) is 21.3. The van der Waals surface area contributed by atoms with Crippen LogP contribution >= 0.6 is 0 Å². The van der Waals surface area contributed by atoms with Gasteiger partial charge in [-0.15, -0.1) is 0 Å². The number of methoxy groups -OCH3 is 1. The van der Waals surface area contributed by atoms with Gasteiger partial charge in [0.25, 0.3) is 0 Å². The summed E-state index contributed by atoms with van der Waals surface area (Å²) in [6, 6.07) is 16.6. The van der Waals surface area contributed by atoms with E-state index in [1.165, 1.54) is 0 Å². The van der Waals surface area contributed by atoms with Crippen molar-refractivity contribution in [1.29, 1.82) is 0 Å². The molecule has 6 heteroatoms. The Morgan fingerprint density at radius 3 is 2.43 bits per heavy atom. The van der Waals surface area contributed by atoms with Crippen LogP contribution in [0.4, 0.5) is 16.2 Å². The zero-order chi connectivity index (χ0) is 20.2. The van der Waals surface area contributed by atoms with Gasteiger partial charge in [-0.05, 0) is 37.1 Å². The molecule has 0 spiro atoms. The first-order valence-corrected chi connectivity index (χ1v) is 9.69. The lowest BCUT2D eigenvalue weighted by molar-refractivity contribution is -0.118. The minimum Gasteiger partial charge on any atom is -0.495 e. The number of carbonyl (C=O) groups is 2. The second-order valence-electron chi connectivity index (χ2n) is 6.42. The van der Waals surface area contributed by atoms with Crippen molar-refractivity contribution < 1.29 is 14.3 Å². The molecule has 2 aromatic carbocycles. The zero-order valence-corrected chi connectivity index (χ0v) is 16.6. The number of nitrogens with zero attached hydrogens (tertiary/aromatic N) is 1. The van der Waals surface area contributed by atoms with Gasteiger partial charge in [-0.3, -0.25) is 4.79 Å². The summed E-state index contributed by atoms with van der Waals surface area (Å²) in [6.07, 6.45) is 3.06. The number of carbonyl (C=O) groups excluding carboxylic acids is 2. The maximum Gasteiger partial charge on any atom is 0.319 e. The maximum atomic E-state index is 12.6. The van der Waals surface area contributed by atoms with E-state index in [1.54, 1.807) is 24.1 Å². The van der Waals surface area contributed by atoms with Crippen molar-refractivity contribution in [2.75, 3.05) is 30.4 Å². The highest BCUT2D eigenvalue weighted by molar-refractivity contribution is 5.93. The van der Waals surface area contributed by atoms with Crippen LogP contribution in [0.25, 0.3) is 0 Å². The summed E-state index contributed by atoms with van der Waals surface area (Å²) in [5.41, 5.74) is 1.50. The first-order valence-electron chi connectivity index (χ1n) is 9.69. The molecule has 2 aromatic rings. The van der Waals surface area contributed by atoms with Gasteiger partial charge in [0.15, 0.2) is 0 Å². The summed E-state index contributed by atoms with van der Waals surface area (Å²) in [4.78, 5) is 26.5. The predicted octanol–water partition coefficient (Wildman–Crippen LogP) is 4.43. The number of amides is 3. The molecule has 0 saturated heterocycles. The molecule has 0 fully saturated rings. The molecule has 150 valence electrons. The monoisotopic (exact) mass is 383 g/mol. The topological polar surface area (TPSA) is 70.7 Å². The lowest BCUT2D eigenvalue weighted by atomic mass is 10.2. The van der Waals surface area contributed by atoms with E-state index in [2.05, 4.69) is 17.6 Å². The highest BCUT2D eigenvalue weighted by Crippen LogP contribution is 2.22. The highest BCUT2D eigenvalue weighted by atomic mass is 16.5. The fourth-order valence-electron chi connectivity index (χ4n) is 2.82. The van der Waals surface area contributed by atoms with Crippen LogP contribution < -0.4 is 20.3 Å². The number of nitrogens with one attached hydrogen (secondary N) is 2. The van der Waals surface area contributed by atoms with Crippen molar-refractivity contribution in [2.45, 2.75) is 32.6 Å². The zero-order valence-electron chi connectivity index (χ0n) is 16.6. The second kappa shape index (κ2) is 11.6. The Morgan fingerprint density at radius 1 is 1.00 bits per heavy atom. The van der Waals surface area contributed by atoms with E-state index in [0.717, 1.165) is 18.5 Å². The van der Waals surface area contributed by atoms with Gasteiger partial charge < -0.3 is 20.3 Å². The Morgan fingerprint density at radius 2 is 1.71 bits per heavy atom. The number of benzene rings is 2. The van der Waals surface area contributed by atoms with Gasteiger partial charge in [0, 0.05) is 25.2 Å². The first-order chi connectivity index (χ1) is 13.7. The van der Waals surface area contributed by atoms with Crippen LogP contribution in [0, 0.1) is 0 Å². The molecule has 28 heavy (non-hydrogen) atoms. The second-order valence-corrected chi connectivity index (χ2v) is 6.42. The van der Waals surface area contributed by atoms with E-state index in [9.17, 15) is 9.59 Å². The minimum atomic E-state index is -0.298. The molecule has 2 N–H and O–H groups in total. The van der Waals surface area contributed by atoms with E-state index < -0.39 is 0 Å². The number of unbranched alkanes of at least 4 members (excludes halogenated alkanes) is 1. The number of para-hydroxylation sites is 3. The molecule has 0 heterocycles. The molecule has 0 bridgehead atoms. The lowest BCUT2D eigenvalue weighted by Gasteiger charge is -2.23. The fraction of sp³-hybridized carbons (Fsp3) is 0.364. The van der Waals surface area contributed by atoms with Gasteiger partial charge in [0.2, 0.25) is 5.91 Å². The number of ether oxygens (including phenoxy) is 1. The molecule has 0 aromatic heterocycles. The van der Waals surface area contributed by atoms with Crippen LogP contribution in [0.5, 0.6) is 5.75 Å². The highest BCUT2D eigenvalue weighted by Gasteiger charge is 2.15. The van der Waals surface area contributed by atoms with Crippen molar-refractivity contribution in [1.82, 2.24) is 5.32 Å². The summed E-state index contributed by atoms with van der Waals surface area (Å²) in [7, 11) is 1.56. The van der Waals surface area contributed by atoms with E-state index in [1.807, 2.05) is 42.5 Å². The van der Waals surface area contributed by atoms with Crippen molar-refractivity contribution in [3.8, 4) is 5.75 Å². The van der Waals surface area contributed by atoms with Crippen LogP contribution in [0.3, 0.4) is 0 Å². The number of rotatable bonds is 10. The summed E-state index contributed by atoms with van der Waals surface area (Å²) in [6.45, 7) is 3.09. The predicted molar refractivity (Wildman–Crippen MR) is 113 cm³/mol. The quantitative estimate of drug-likeness (QED) is 0.596. The Balaban J connectivity index is 1.84. The summed E-state index contributed by atoms with van der Waals surface area (Å²) in [5.74, 6) is 0.723. The van der Waals surface area contributed by atoms with Crippen LogP contribution in [0.1, 0.15) is 32.6 Å². The smallest absolute Gasteiger partial charge is 0.319 e. The van der Waals surface area contributed by atoms with E-state index in [-0.39, 0.29) is 11.9 Å². The Hall–Kier alpha value is -3.02. The Labute approximate surface area is 166 Å². The maximum absolute atomic E-state index is 12.6. The van der Waals surface area contributed by atoms with Gasteiger partial charge >= 0.3 is 6.03 Å². The van der Waals surface area contributed by atoms with Crippen LogP contribution in [0.15, 0.2) is 54.6 Å². The third kappa shape index (κ3) is 6.61. The normalized spacial score (nSPS) is 10.2. The van der Waals surface area contributed by atoms with Gasteiger partial charge in [0.1, 0.15) is 5.75 Å². The molecule has 6 nitrogen and oxygen atoms in total. The van der Waals surface area contributed by atoms with Crippen molar-refractivity contribution in [2.24, 2.45) is 0 Å². The molecular formula is C22H29N3O3. The standard InChI is InChI=1S/C22H29N3O3/c1-3-4-15-21(26)25(18-11-6-5-7-12-18)17-10-16-23-22(27)24-19-13-8-9-14-20(19)28-2/h5-9,11-14H,3-4,10,15-17H2,1-2H3,(H2,23,24,27). The Bertz CT molecular complexity index is 750. The van der Waals surface area contributed by atoms with Crippen molar-refractivity contribution >= 4 is 23.3 Å². The number of urea groups is 1. The number of hydrogen-bond acceptors (Lipinski definition) is 3.